The molecule has 0 amide bonds. The molecule has 0 aromatic rings. The lowest BCUT2D eigenvalue weighted by Crippen LogP contribution is -2.58. The molecule has 0 saturated carbocycles. The first-order valence-electron chi connectivity index (χ1n) is 5.66. The van der Waals surface area contributed by atoms with Gasteiger partial charge < -0.3 is 15.0 Å². The molecular formula is C11H24N2O. The fraction of sp³-hybridized carbons (Fsp3) is 1.00. The van der Waals surface area contributed by atoms with Crippen molar-refractivity contribution in [2.75, 3.05) is 39.9 Å². The highest BCUT2D eigenvalue weighted by molar-refractivity contribution is 4.89. The SMILES string of the molecule is CCC1(C)CN(CCCOC)CCN1. The van der Waals surface area contributed by atoms with Crippen molar-refractivity contribution >= 4 is 0 Å². The van der Waals surface area contributed by atoms with Crippen LogP contribution in [0.15, 0.2) is 0 Å². The Kier molecular flexibility index (Phi) is 4.85. The predicted octanol–water partition coefficient (Wildman–Crippen LogP) is 1.10. The van der Waals surface area contributed by atoms with Crippen LogP contribution < -0.4 is 5.32 Å². The molecule has 0 aromatic heterocycles. The summed E-state index contributed by atoms with van der Waals surface area (Å²) in [7, 11) is 1.77. The molecule has 0 bridgehead atoms. The highest BCUT2D eigenvalue weighted by atomic mass is 16.5. The van der Waals surface area contributed by atoms with E-state index in [1.54, 1.807) is 7.11 Å². The second kappa shape index (κ2) is 5.69. The fourth-order valence-electron chi connectivity index (χ4n) is 2.00. The van der Waals surface area contributed by atoms with Gasteiger partial charge in [0.2, 0.25) is 0 Å². The number of hydrogen-bond acceptors (Lipinski definition) is 3. The molecule has 0 aromatic carbocycles. The fourth-order valence-corrected chi connectivity index (χ4v) is 2.00. The maximum Gasteiger partial charge on any atom is 0.0474 e. The van der Waals surface area contributed by atoms with Crippen molar-refractivity contribution in [1.82, 2.24) is 10.2 Å². The Morgan fingerprint density at radius 1 is 1.50 bits per heavy atom. The molecule has 1 unspecified atom stereocenters. The minimum absolute atomic E-state index is 0.325. The van der Waals surface area contributed by atoms with Crippen LogP contribution >= 0.6 is 0 Å². The Morgan fingerprint density at radius 2 is 2.29 bits per heavy atom. The van der Waals surface area contributed by atoms with E-state index in [9.17, 15) is 0 Å². The Bertz CT molecular complexity index is 163. The first kappa shape index (κ1) is 12.0. The third-order valence-corrected chi connectivity index (χ3v) is 3.16. The molecule has 84 valence electrons. The summed E-state index contributed by atoms with van der Waals surface area (Å²) in [4.78, 5) is 2.54. The zero-order valence-electron chi connectivity index (χ0n) is 9.81. The third-order valence-electron chi connectivity index (χ3n) is 3.16. The van der Waals surface area contributed by atoms with Crippen LogP contribution in [0.3, 0.4) is 0 Å². The first-order chi connectivity index (χ1) is 6.70. The molecule has 1 rings (SSSR count). The summed E-state index contributed by atoms with van der Waals surface area (Å²) in [5, 5.41) is 3.59. The van der Waals surface area contributed by atoms with Crippen LogP contribution in [0.1, 0.15) is 26.7 Å². The lowest BCUT2D eigenvalue weighted by Gasteiger charge is -2.41. The zero-order chi connectivity index (χ0) is 10.4. The molecule has 3 nitrogen and oxygen atoms in total. The van der Waals surface area contributed by atoms with E-state index in [2.05, 4.69) is 24.1 Å². The Hall–Kier alpha value is -0.120. The number of rotatable bonds is 5. The van der Waals surface area contributed by atoms with Crippen LogP contribution in [-0.2, 0) is 4.74 Å². The first-order valence-corrected chi connectivity index (χ1v) is 5.66. The van der Waals surface area contributed by atoms with Gasteiger partial charge in [0.05, 0.1) is 0 Å². The average Bonchev–Trinajstić information content (AvgIpc) is 2.19. The van der Waals surface area contributed by atoms with E-state index < -0.39 is 0 Å². The van der Waals surface area contributed by atoms with Gasteiger partial charge in [0, 0.05) is 45.4 Å². The summed E-state index contributed by atoms with van der Waals surface area (Å²) < 4.78 is 5.07. The highest BCUT2D eigenvalue weighted by Crippen LogP contribution is 2.14. The molecular weight excluding hydrogens is 176 g/mol. The molecule has 1 aliphatic heterocycles. The van der Waals surface area contributed by atoms with Crippen molar-refractivity contribution in [3.05, 3.63) is 0 Å². The summed E-state index contributed by atoms with van der Waals surface area (Å²) in [6.45, 7) is 10.1. The Balaban J connectivity index is 2.25. The van der Waals surface area contributed by atoms with E-state index in [1.165, 1.54) is 26.1 Å². The minimum atomic E-state index is 0.325. The lowest BCUT2D eigenvalue weighted by atomic mass is 9.96. The number of ether oxygens (including phenoxy) is 1. The molecule has 1 saturated heterocycles. The number of piperazine rings is 1. The van der Waals surface area contributed by atoms with Gasteiger partial charge in [-0.2, -0.15) is 0 Å². The van der Waals surface area contributed by atoms with Crippen LogP contribution in [0.5, 0.6) is 0 Å². The minimum Gasteiger partial charge on any atom is -0.385 e. The molecule has 1 atom stereocenters. The van der Waals surface area contributed by atoms with Gasteiger partial charge in [0.15, 0.2) is 0 Å². The van der Waals surface area contributed by atoms with E-state index >= 15 is 0 Å². The van der Waals surface area contributed by atoms with Gasteiger partial charge in [-0.15, -0.1) is 0 Å². The number of methoxy groups -OCH3 is 1. The van der Waals surface area contributed by atoms with Gasteiger partial charge in [-0.05, 0) is 19.8 Å². The maximum absolute atomic E-state index is 5.07. The van der Waals surface area contributed by atoms with E-state index in [4.69, 9.17) is 4.74 Å². The van der Waals surface area contributed by atoms with Gasteiger partial charge in [-0.1, -0.05) is 6.92 Å². The zero-order valence-corrected chi connectivity index (χ0v) is 9.81. The summed E-state index contributed by atoms with van der Waals surface area (Å²) in [5.74, 6) is 0. The molecule has 1 heterocycles. The summed E-state index contributed by atoms with van der Waals surface area (Å²) in [5.41, 5.74) is 0.325. The molecule has 0 aliphatic carbocycles. The van der Waals surface area contributed by atoms with Gasteiger partial charge in [-0.3, -0.25) is 0 Å². The molecule has 1 fully saturated rings. The third kappa shape index (κ3) is 3.56. The normalized spacial score (nSPS) is 29.4. The van der Waals surface area contributed by atoms with Crippen LogP contribution in [0.2, 0.25) is 0 Å². The molecule has 1 aliphatic rings. The van der Waals surface area contributed by atoms with Gasteiger partial charge in [0.25, 0.3) is 0 Å². The quantitative estimate of drug-likeness (QED) is 0.673. The lowest BCUT2D eigenvalue weighted by molar-refractivity contribution is 0.120. The van der Waals surface area contributed by atoms with Crippen molar-refractivity contribution < 1.29 is 4.74 Å². The van der Waals surface area contributed by atoms with Gasteiger partial charge in [0.1, 0.15) is 0 Å². The monoisotopic (exact) mass is 200 g/mol. The van der Waals surface area contributed by atoms with Crippen LogP contribution in [0.25, 0.3) is 0 Å². The van der Waals surface area contributed by atoms with Crippen molar-refractivity contribution in [1.29, 1.82) is 0 Å². The van der Waals surface area contributed by atoms with E-state index in [0.29, 0.717) is 5.54 Å². The van der Waals surface area contributed by atoms with E-state index in [0.717, 1.165) is 19.6 Å². The van der Waals surface area contributed by atoms with Crippen LogP contribution in [0, 0.1) is 0 Å². The van der Waals surface area contributed by atoms with E-state index in [1.807, 2.05) is 0 Å². The van der Waals surface area contributed by atoms with Crippen molar-refractivity contribution in [2.24, 2.45) is 0 Å². The second-order valence-electron chi connectivity index (χ2n) is 4.46. The summed E-state index contributed by atoms with van der Waals surface area (Å²) >= 11 is 0. The number of nitrogens with zero attached hydrogens (tertiary/aromatic N) is 1. The summed E-state index contributed by atoms with van der Waals surface area (Å²) in [6, 6.07) is 0. The van der Waals surface area contributed by atoms with Crippen molar-refractivity contribution in [3.63, 3.8) is 0 Å². The Morgan fingerprint density at radius 3 is 2.93 bits per heavy atom. The molecule has 1 N–H and O–H groups in total. The van der Waals surface area contributed by atoms with Crippen molar-refractivity contribution in [3.8, 4) is 0 Å². The highest BCUT2D eigenvalue weighted by Gasteiger charge is 2.27. The Labute approximate surface area is 87.8 Å². The number of hydrogen-bond donors (Lipinski definition) is 1. The van der Waals surface area contributed by atoms with Crippen LogP contribution in [0.4, 0.5) is 0 Å². The van der Waals surface area contributed by atoms with Gasteiger partial charge in [-0.25, -0.2) is 0 Å². The second-order valence-corrected chi connectivity index (χ2v) is 4.46. The molecule has 0 radical (unpaired) electrons. The topological polar surface area (TPSA) is 24.5 Å². The molecule has 0 spiro atoms. The smallest absolute Gasteiger partial charge is 0.0474 e. The largest absolute Gasteiger partial charge is 0.385 e. The molecule has 14 heavy (non-hydrogen) atoms. The number of nitrogens with one attached hydrogen (secondary N) is 1. The summed E-state index contributed by atoms with van der Waals surface area (Å²) in [6.07, 6.45) is 2.35. The van der Waals surface area contributed by atoms with E-state index in [-0.39, 0.29) is 0 Å². The average molecular weight is 200 g/mol. The van der Waals surface area contributed by atoms with Crippen LogP contribution in [-0.4, -0.2) is 50.3 Å². The predicted molar refractivity (Wildman–Crippen MR) is 59.6 cm³/mol. The van der Waals surface area contributed by atoms with Gasteiger partial charge >= 0.3 is 0 Å². The molecule has 3 heteroatoms. The maximum atomic E-state index is 5.07. The standard InChI is InChI=1S/C11H24N2O/c1-4-11(2)10-13(8-6-12-11)7-5-9-14-3/h12H,4-10H2,1-3H3. The van der Waals surface area contributed by atoms with Crippen molar-refractivity contribution in [2.45, 2.75) is 32.2 Å².